The highest BCUT2D eigenvalue weighted by atomic mass is 32.2. The summed E-state index contributed by atoms with van der Waals surface area (Å²) in [5.41, 5.74) is -0.0537. The number of nitrogens with zero attached hydrogens (tertiary/aromatic N) is 3. The first-order chi connectivity index (χ1) is 15.5. The van der Waals surface area contributed by atoms with Gasteiger partial charge in [0, 0.05) is 17.4 Å². The Bertz CT molecular complexity index is 1310. The van der Waals surface area contributed by atoms with E-state index in [2.05, 4.69) is 20.6 Å². The van der Waals surface area contributed by atoms with Gasteiger partial charge in [0.2, 0.25) is 16.0 Å². The Hall–Kier alpha value is -3.95. The third-order valence-electron chi connectivity index (χ3n) is 4.23. The molecule has 0 amide bonds. The van der Waals surface area contributed by atoms with Gasteiger partial charge in [-0.1, -0.05) is 0 Å². The standard InChI is InChI=1S/C21H21FN6O4S/c1-21(2,12-23)32-15-7-4-13(5-8-15)26-19-16(22)11-25-20(28-19)27-14-6-9-18(33(24,29)30)17(10-14)31-3/h4-11H,1-3H3,(H2,24,29,30)(H2,25,26,27,28). The number of rotatable bonds is 8. The van der Waals surface area contributed by atoms with Crippen molar-refractivity contribution in [1.82, 2.24) is 9.97 Å². The Kier molecular flexibility index (Phi) is 6.66. The highest BCUT2D eigenvalue weighted by Crippen LogP contribution is 2.28. The molecular weight excluding hydrogens is 451 g/mol. The van der Waals surface area contributed by atoms with Crippen LogP contribution >= 0.6 is 0 Å². The molecule has 1 heterocycles. The number of ether oxygens (including phenoxy) is 2. The van der Waals surface area contributed by atoms with Gasteiger partial charge in [0.15, 0.2) is 17.2 Å². The minimum Gasteiger partial charge on any atom is -0.495 e. The lowest BCUT2D eigenvalue weighted by Crippen LogP contribution is -2.25. The molecule has 0 radical (unpaired) electrons. The van der Waals surface area contributed by atoms with Crippen LogP contribution in [-0.4, -0.2) is 31.1 Å². The molecule has 0 spiro atoms. The highest BCUT2D eigenvalue weighted by molar-refractivity contribution is 7.89. The van der Waals surface area contributed by atoms with E-state index >= 15 is 0 Å². The van der Waals surface area contributed by atoms with E-state index in [1.165, 1.54) is 25.3 Å². The molecule has 0 atom stereocenters. The molecule has 172 valence electrons. The molecule has 0 saturated heterocycles. The molecule has 0 unspecified atom stereocenters. The van der Waals surface area contributed by atoms with Crippen LogP contribution < -0.4 is 25.2 Å². The smallest absolute Gasteiger partial charge is 0.241 e. The van der Waals surface area contributed by atoms with E-state index < -0.39 is 21.4 Å². The number of hydrogen-bond donors (Lipinski definition) is 3. The fourth-order valence-corrected chi connectivity index (χ4v) is 3.37. The summed E-state index contributed by atoms with van der Waals surface area (Å²) in [7, 11) is -2.66. The maximum atomic E-state index is 14.3. The van der Waals surface area contributed by atoms with Crippen LogP contribution in [0, 0.1) is 17.1 Å². The van der Waals surface area contributed by atoms with Crippen LogP contribution in [0.2, 0.25) is 0 Å². The van der Waals surface area contributed by atoms with Gasteiger partial charge in [0.1, 0.15) is 22.5 Å². The predicted molar refractivity (Wildman–Crippen MR) is 120 cm³/mol. The Balaban J connectivity index is 1.78. The lowest BCUT2D eigenvalue weighted by atomic mass is 10.2. The van der Waals surface area contributed by atoms with Crippen molar-refractivity contribution in [2.75, 3.05) is 17.7 Å². The molecule has 3 rings (SSSR count). The van der Waals surface area contributed by atoms with Crippen molar-refractivity contribution in [3.63, 3.8) is 0 Å². The number of hydrogen-bond acceptors (Lipinski definition) is 9. The van der Waals surface area contributed by atoms with Crippen LogP contribution in [0.15, 0.2) is 53.6 Å². The monoisotopic (exact) mass is 472 g/mol. The molecule has 12 heteroatoms. The lowest BCUT2D eigenvalue weighted by Gasteiger charge is -2.18. The van der Waals surface area contributed by atoms with Gasteiger partial charge in [-0.2, -0.15) is 10.2 Å². The maximum absolute atomic E-state index is 14.3. The molecule has 3 aromatic rings. The van der Waals surface area contributed by atoms with Gasteiger partial charge in [-0.3, -0.25) is 0 Å². The quantitative estimate of drug-likeness (QED) is 0.447. The van der Waals surface area contributed by atoms with Crippen LogP contribution in [0.1, 0.15) is 13.8 Å². The minimum atomic E-state index is -3.97. The summed E-state index contributed by atoms with van der Waals surface area (Å²) < 4.78 is 48.2. The predicted octanol–water partition coefficient (Wildman–Crippen LogP) is 3.44. The summed E-state index contributed by atoms with van der Waals surface area (Å²) in [5.74, 6) is -0.209. The third kappa shape index (κ3) is 6.06. The fourth-order valence-electron chi connectivity index (χ4n) is 2.68. The molecule has 0 aliphatic heterocycles. The summed E-state index contributed by atoms with van der Waals surface area (Å²) in [6.45, 7) is 3.28. The normalized spacial score (nSPS) is 11.4. The van der Waals surface area contributed by atoms with Crippen molar-refractivity contribution in [2.45, 2.75) is 24.3 Å². The van der Waals surface area contributed by atoms with Crippen molar-refractivity contribution >= 4 is 33.2 Å². The van der Waals surface area contributed by atoms with Gasteiger partial charge < -0.3 is 20.1 Å². The molecule has 0 fully saturated rings. The zero-order valence-electron chi connectivity index (χ0n) is 18.0. The van der Waals surface area contributed by atoms with Crippen molar-refractivity contribution in [2.24, 2.45) is 5.14 Å². The number of primary sulfonamides is 1. The van der Waals surface area contributed by atoms with Crippen LogP contribution in [0.5, 0.6) is 11.5 Å². The summed E-state index contributed by atoms with van der Waals surface area (Å²) in [4.78, 5) is 7.84. The van der Waals surface area contributed by atoms with Gasteiger partial charge in [0.25, 0.3) is 0 Å². The molecule has 0 aliphatic carbocycles. The average molecular weight is 473 g/mol. The van der Waals surface area contributed by atoms with Crippen molar-refractivity contribution < 1.29 is 22.3 Å². The van der Waals surface area contributed by atoms with Crippen molar-refractivity contribution in [3.05, 3.63) is 54.5 Å². The van der Waals surface area contributed by atoms with Gasteiger partial charge in [-0.05, 0) is 50.2 Å². The molecule has 1 aromatic heterocycles. The van der Waals surface area contributed by atoms with E-state index in [0.717, 1.165) is 6.20 Å². The maximum Gasteiger partial charge on any atom is 0.241 e. The van der Waals surface area contributed by atoms with Crippen molar-refractivity contribution in [3.8, 4) is 17.6 Å². The van der Waals surface area contributed by atoms with Gasteiger partial charge in [0.05, 0.1) is 13.3 Å². The number of nitrogens with one attached hydrogen (secondary N) is 2. The highest BCUT2D eigenvalue weighted by Gasteiger charge is 2.18. The molecule has 33 heavy (non-hydrogen) atoms. The fraction of sp³-hybridized carbons (Fsp3) is 0.190. The molecular formula is C21H21FN6O4S. The van der Waals surface area contributed by atoms with E-state index in [-0.39, 0.29) is 22.4 Å². The zero-order valence-corrected chi connectivity index (χ0v) is 18.8. The molecule has 4 N–H and O–H groups in total. The number of halogens is 1. The first kappa shape index (κ1) is 23.7. The molecule has 0 bridgehead atoms. The second-order valence-corrected chi connectivity index (χ2v) is 8.83. The summed E-state index contributed by atoms with van der Waals surface area (Å²) >= 11 is 0. The summed E-state index contributed by atoms with van der Waals surface area (Å²) in [5, 5.41) is 19.9. The number of sulfonamides is 1. The Morgan fingerprint density at radius 3 is 2.39 bits per heavy atom. The van der Waals surface area contributed by atoms with E-state index in [0.29, 0.717) is 17.1 Å². The molecule has 10 nitrogen and oxygen atoms in total. The van der Waals surface area contributed by atoms with Crippen LogP contribution in [-0.2, 0) is 10.0 Å². The molecule has 0 saturated carbocycles. The Morgan fingerprint density at radius 2 is 1.79 bits per heavy atom. The third-order valence-corrected chi connectivity index (χ3v) is 5.18. The Morgan fingerprint density at radius 1 is 1.12 bits per heavy atom. The number of benzene rings is 2. The van der Waals surface area contributed by atoms with Gasteiger partial charge in [-0.15, -0.1) is 0 Å². The van der Waals surface area contributed by atoms with Crippen molar-refractivity contribution in [1.29, 1.82) is 5.26 Å². The number of anilines is 4. The second kappa shape index (κ2) is 9.27. The van der Waals surface area contributed by atoms with Gasteiger partial charge >= 0.3 is 0 Å². The lowest BCUT2D eigenvalue weighted by molar-refractivity contribution is 0.170. The van der Waals surface area contributed by atoms with E-state index in [4.69, 9.17) is 19.9 Å². The van der Waals surface area contributed by atoms with Crippen LogP contribution in [0.3, 0.4) is 0 Å². The number of methoxy groups -OCH3 is 1. The summed E-state index contributed by atoms with van der Waals surface area (Å²) in [6.07, 6.45) is 0.987. The van der Waals surface area contributed by atoms with Crippen LogP contribution in [0.4, 0.5) is 27.5 Å². The topological polar surface area (TPSA) is 152 Å². The van der Waals surface area contributed by atoms with E-state index in [9.17, 15) is 12.8 Å². The average Bonchev–Trinajstić information content (AvgIpc) is 2.76. The van der Waals surface area contributed by atoms with Gasteiger partial charge in [-0.25, -0.2) is 22.9 Å². The van der Waals surface area contributed by atoms with E-state index in [1.807, 2.05) is 6.07 Å². The minimum absolute atomic E-state index is 0.0323. The first-order valence-corrected chi connectivity index (χ1v) is 11.0. The number of nitriles is 1. The number of nitrogens with two attached hydrogens (primary N) is 1. The molecule has 0 aliphatic rings. The Labute approximate surface area is 190 Å². The largest absolute Gasteiger partial charge is 0.495 e. The SMILES string of the molecule is COc1cc(Nc2ncc(F)c(Nc3ccc(OC(C)(C)C#N)cc3)n2)ccc1S(N)(=O)=O. The van der Waals surface area contributed by atoms with E-state index in [1.54, 1.807) is 38.1 Å². The first-order valence-electron chi connectivity index (χ1n) is 9.48. The van der Waals surface area contributed by atoms with Crippen LogP contribution in [0.25, 0.3) is 0 Å². The number of aromatic nitrogens is 2. The zero-order chi connectivity index (χ0) is 24.2. The second-order valence-electron chi connectivity index (χ2n) is 7.30. The molecule has 2 aromatic carbocycles. The summed E-state index contributed by atoms with van der Waals surface area (Å²) in [6, 6.07) is 12.7.